The van der Waals surface area contributed by atoms with Gasteiger partial charge in [0.1, 0.15) is 22.3 Å². The van der Waals surface area contributed by atoms with Crippen molar-refractivity contribution in [1.82, 2.24) is 5.32 Å². The second kappa shape index (κ2) is 15.6. The molecule has 0 fully saturated rings. The van der Waals surface area contributed by atoms with Crippen LogP contribution in [0, 0.1) is 0 Å². The Labute approximate surface area is 285 Å². The Kier molecular flexibility index (Phi) is 10.9. The summed E-state index contributed by atoms with van der Waals surface area (Å²) in [7, 11) is 0. The van der Waals surface area contributed by atoms with Crippen LogP contribution in [0.2, 0.25) is 5.02 Å². The largest absolute Gasteiger partial charge is 0.507 e. The lowest BCUT2D eigenvalue weighted by Gasteiger charge is -2.18. The molecule has 0 aliphatic heterocycles. The van der Waals surface area contributed by atoms with Crippen LogP contribution in [0.3, 0.4) is 0 Å². The molecule has 11 heteroatoms. The third-order valence-corrected chi connectivity index (χ3v) is 8.51. The van der Waals surface area contributed by atoms with Gasteiger partial charge in [-0.05, 0) is 71.8 Å². The fourth-order valence-corrected chi connectivity index (χ4v) is 5.84. The molecule has 240 valence electrons. The highest BCUT2D eigenvalue weighted by Crippen LogP contribution is 2.37. The van der Waals surface area contributed by atoms with Crippen LogP contribution < -0.4 is 16.0 Å². The number of carbonyl (C=O) groups is 4. The van der Waals surface area contributed by atoms with Crippen molar-refractivity contribution in [2.75, 3.05) is 10.6 Å². The fraction of sp³-hybridized carbons (Fsp3) is 0.0270. The zero-order valence-electron chi connectivity index (χ0n) is 25.1. The second-order valence-corrected chi connectivity index (χ2v) is 11.9. The molecule has 3 amide bonds. The number of carbonyl (C=O) groups excluding carboxylic acids is 3. The smallest absolute Gasteiger partial charge is 0.339 e. The number of halogens is 1. The zero-order chi connectivity index (χ0) is 34.0. The number of hydrogen-bond donors (Lipinski definition) is 5. The summed E-state index contributed by atoms with van der Waals surface area (Å²) < 4.78 is 0. The average Bonchev–Trinajstić information content (AvgIpc) is 3.09. The van der Waals surface area contributed by atoms with Gasteiger partial charge in [0.15, 0.2) is 0 Å². The molecule has 0 spiro atoms. The van der Waals surface area contributed by atoms with Gasteiger partial charge in [-0.1, -0.05) is 84.4 Å². The lowest BCUT2D eigenvalue weighted by molar-refractivity contribution is -0.116. The predicted octanol–water partition coefficient (Wildman–Crippen LogP) is 7.63. The van der Waals surface area contributed by atoms with Gasteiger partial charge in [0.25, 0.3) is 11.8 Å². The van der Waals surface area contributed by atoms with Gasteiger partial charge < -0.3 is 26.2 Å². The van der Waals surface area contributed by atoms with E-state index in [-0.39, 0.29) is 16.9 Å². The Balaban J connectivity index is 1.39. The number of phenols is 1. The molecule has 5 aromatic rings. The van der Waals surface area contributed by atoms with Crippen LogP contribution >= 0.6 is 23.4 Å². The molecular formula is C37H28ClN3O6S. The highest BCUT2D eigenvalue weighted by atomic mass is 35.5. The van der Waals surface area contributed by atoms with Crippen LogP contribution in [0.1, 0.15) is 37.1 Å². The molecule has 0 saturated carbocycles. The molecule has 48 heavy (non-hydrogen) atoms. The van der Waals surface area contributed by atoms with E-state index in [1.54, 1.807) is 103 Å². The van der Waals surface area contributed by atoms with Gasteiger partial charge in [-0.15, -0.1) is 11.8 Å². The first kappa shape index (κ1) is 33.5. The summed E-state index contributed by atoms with van der Waals surface area (Å²) in [5.74, 6) is -3.26. The number of aromatic carboxylic acids is 1. The molecular weight excluding hydrogens is 650 g/mol. The molecule has 1 unspecified atom stereocenters. The maximum Gasteiger partial charge on any atom is 0.339 e. The van der Waals surface area contributed by atoms with Crippen molar-refractivity contribution in [3.05, 3.63) is 160 Å². The van der Waals surface area contributed by atoms with Crippen LogP contribution in [-0.2, 0) is 9.59 Å². The molecule has 5 N–H and O–H groups in total. The molecule has 5 rings (SSSR count). The first-order valence-electron chi connectivity index (χ1n) is 14.5. The van der Waals surface area contributed by atoms with Gasteiger partial charge in [0, 0.05) is 26.9 Å². The van der Waals surface area contributed by atoms with Gasteiger partial charge in [-0.3, -0.25) is 14.4 Å². The predicted molar refractivity (Wildman–Crippen MR) is 187 cm³/mol. The molecule has 0 heterocycles. The van der Waals surface area contributed by atoms with Crippen LogP contribution in [0.25, 0.3) is 6.08 Å². The summed E-state index contributed by atoms with van der Waals surface area (Å²) in [5, 5.41) is 27.1. The lowest BCUT2D eigenvalue weighted by Crippen LogP contribution is -2.30. The molecule has 0 radical (unpaired) electrons. The van der Waals surface area contributed by atoms with Crippen LogP contribution in [0.4, 0.5) is 11.4 Å². The standard InChI is InChI=1S/C37H28ClN3O6S/c38-30-17-8-7-14-25(30)20-31(41-34(43)24-12-5-2-6-13-24)35(44)39-26-15-9-16-28(21-26)48-33(23-10-3-1-4-11-23)36(45)40-27-18-19-32(42)29(22-27)37(46)47/h1-22,33,42H,(H,39,44)(H,40,45)(H,41,43)(H,46,47)/b31-20+. The van der Waals surface area contributed by atoms with Gasteiger partial charge in [-0.25, -0.2) is 4.79 Å². The number of carboxylic acids is 1. The second-order valence-electron chi connectivity index (χ2n) is 10.3. The number of hydrogen-bond acceptors (Lipinski definition) is 6. The van der Waals surface area contributed by atoms with E-state index < -0.39 is 34.7 Å². The zero-order valence-corrected chi connectivity index (χ0v) is 26.7. The maximum atomic E-state index is 13.6. The average molecular weight is 678 g/mol. The molecule has 0 aromatic heterocycles. The minimum absolute atomic E-state index is 0.0359. The number of nitrogens with one attached hydrogen (secondary N) is 3. The van der Waals surface area contributed by atoms with Crippen molar-refractivity contribution in [3.8, 4) is 5.75 Å². The lowest BCUT2D eigenvalue weighted by atomic mass is 10.1. The highest BCUT2D eigenvalue weighted by molar-refractivity contribution is 8.00. The molecule has 0 aliphatic rings. The third kappa shape index (κ3) is 8.69. The van der Waals surface area contributed by atoms with Gasteiger partial charge in [0.05, 0.1) is 0 Å². The Morgan fingerprint density at radius 1 is 0.729 bits per heavy atom. The van der Waals surface area contributed by atoms with E-state index in [0.29, 0.717) is 32.3 Å². The highest BCUT2D eigenvalue weighted by Gasteiger charge is 2.24. The topological polar surface area (TPSA) is 145 Å². The first-order valence-corrected chi connectivity index (χ1v) is 15.8. The van der Waals surface area contributed by atoms with Crippen LogP contribution in [0.15, 0.2) is 138 Å². The van der Waals surface area contributed by atoms with E-state index >= 15 is 0 Å². The molecule has 0 aliphatic carbocycles. The molecule has 0 saturated heterocycles. The summed E-state index contributed by atoms with van der Waals surface area (Å²) in [5.41, 5.74) is 1.80. The number of aromatic hydroxyl groups is 1. The number of anilines is 2. The van der Waals surface area contributed by atoms with E-state index in [9.17, 15) is 29.4 Å². The van der Waals surface area contributed by atoms with Crippen molar-refractivity contribution in [3.63, 3.8) is 0 Å². The Bertz CT molecular complexity index is 2000. The first-order chi connectivity index (χ1) is 23.2. The van der Waals surface area contributed by atoms with Gasteiger partial charge >= 0.3 is 5.97 Å². The van der Waals surface area contributed by atoms with E-state index in [1.807, 2.05) is 6.07 Å². The van der Waals surface area contributed by atoms with E-state index in [0.717, 1.165) is 0 Å². The molecule has 9 nitrogen and oxygen atoms in total. The number of carboxylic acid groups (broad SMARTS) is 1. The van der Waals surface area contributed by atoms with Crippen molar-refractivity contribution < 1.29 is 29.4 Å². The summed E-state index contributed by atoms with van der Waals surface area (Å²) in [4.78, 5) is 52.3. The van der Waals surface area contributed by atoms with Crippen molar-refractivity contribution in [2.45, 2.75) is 10.1 Å². The summed E-state index contributed by atoms with van der Waals surface area (Å²) >= 11 is 7.56. The SMILES string of the molecule is O=C(Nc1cccc(SC(C(=O)Nc2ccc(O)c(C(=O)O)c2)c2ccccc2)c1)/C(=C\c1ccccc1Cl)NC(=O)c1ccccc1. The molecule has 1 atom stereocenters. The van der Waals surface area contributed by atoms with E-state index in [2.05, 4.69) is 16.0 Å². The van der Waals surface area contributed by atoms with Crippen molar-refractivity contribution in [1.29, 1.82) is 0 Å². The number of thioether (sulfide) groups is 1. The van der Waals surface area contributed by atoms with Crippen LogP contribution in [0.5, 0.6) is 5.75 Å². The fourth-order valence-electron chi connectivity index (χ4n) is 4.57. The summed E-state index contributed by atoms with van der Waals surface area (Å²) in [6.07, 6.45) is 1.49. The monoisotopic (exact) mass is 677 g/mol. The Hall–Kier alpha value is -5.84. The summed E-state index contributed by atoms with van der Waals surface area (Å²) in [6.45, 7) is 0. The quantitative estimate of drug-likeness (QED) is 0.0549. The number of amides is 3. The Morgan fingerprint density at radius 2 is 1.40 bits per heavy atom. The summed E-state index contributed by atoms with van der Waals surface area (Å²) in [6, 6.07) is 35.1. The Morgan fingerprint density at radius 3 is 2.10 bits per heavy atom. The van der Waals surface area contributed by atoms with Gasteiger partial charge in [-0.2, -0.15) is 0 Å². The van der Waals surface area contributed by atoms with Gasteiger partial charge in [0.2, 0.25) is 5.91 Å². The minimum atomic E-state index is -1.33. The maximum absolute atomic E-state index is 13.6. The van der Waals surface area contributed by atoms with Crippen LogP contribution in [-0.4, -0.2) is 33.9 Å². The van der Waals surface area contributed by atoms with Crippen molar-refractivity contribution in [2.24, 2.45) is 0 Å². The number of benzene rings is 5. The third-order valence-electron chi connectivity index (χ3n) is 6.91. The molecule has 5 aromatic carbocycles. The minimum Gasteiger partial charge on any atom is -0.507 e. The normalized spacial score (nSPS) is 11.6. The van der Waals surface area contributed by atoms with Crippen molar-refractivity contribution >= 4 is 64.5 Å². The number of rotatable bonds is 11. The molecule has 0 bridgehead atoms. The van der Waals surface area contributed by atoms with E-state index in [4.69, 9.17) is 11.6 Å². The van der Waals surface area contributed by atoms with E-state index in [1.165, 1.54) is 36.0 Å².